The molecule has 1 saturated heterocycles. The predicted molar refractivity (Wildman–Crippen MR) is 101 cm³/mol. The Morgan fingerprint density at radius 2 is 2.04 bits per heavy atom. The molecule has 1 aliphatic rings. The molecule has 1 atom stereocenters. The van der Waals surface area contributed by atoms with Crippen molar-refractivity contribution in [3.05, 3.63) is 70.9 Å². The number of halogens is 1. The first-order valence-corrected chi connectivity index (χ1v) is 8.87. The molecule has 25 heavy (non-hydrogen) atoms. The smallest absolute Gasteiger partial charge is 0.225 e. The van der Waals surface area contributed by atoms with Crippen LogP contribution in [0.3, 0.4) is 0 Å². The van der Waals surface area contributed by atoms with Gasteiger partial charge in [-0.25, -0.2) is 0 Å². The van der Waals surface area contributed by atoms with Crippen molar-refractivity contribution in [2.45, 2.75) is 18.4 Å². The normalized spacial score (nSPS) is 20.0. The fourth-order valence-corrected chi connectivity index (χ4v) is 3.84. The van der Waals surface area contributed by atoms with E-state index < -0.39 is 0 Å². The number of hydrogen-bond acceptors (Lipinski definition) is 2. The average Bonchev–Trinajstić information content (AvgIpc) is 3.24. The second kappa shape index (κ2) is 6.54. The molecule has 4 rings (SSSR count). The molecule has 2 heterocycles. The van der Waals surface area contributed by atoms with E-state index in [-0.39, 0.29) is 11.4 Å². The van der Waals surface area contributed by atoms with Gasteiger partial charge in [0.05, 0.1) is 12.0 Å². The van der Waals surface area contributed by atoms with Crippen LogP contribution in [0.15, 0.2) is 54.7 Å². The van der Waals surface area contributed by atoms with E-state index in [1.54, 1.807) is 0 Å². The summed E-state index contributed by atoms with van der Waals surface area (Å²) >= 11 is 6.03. The third-order valence-corrected chi connectivity index (χ3v) is 5.18. The van der Waals surface area contributed by atoms with Crippen LogP contribution in [-0.2, 0) is 16.8 Å². The van der Waals surface area contributed by atoms with Gasteiger partial charge in [-0.15, -0.1) is 0 Å². The van der Waals surface area contributed by atoms with Gasteiger partial charge in [-0.1, -0.05) is 48.0 Å². The highest BCUT2D eigenvalue weighted by Crippen LogP contribution is 2.28. The standard InChI is InChI=1S/C20H20ClN3O/c21-16-6-7-17-14(12-23-18(17)11-16)10-19(25)24-20(8-9-22-13-20)15-4-2-1-3-5-15/h1-7,11-12,22-23H,8-10,13H2,(H,24,25). The van der Waals surface area contributed by atoms with Crippen LogP contribution in [0.4, 0.5) is 0 Å². The first-order valence-electron chi connectivity index (χ1n) is 8.49. The van der Waals surface area contributed by atoms with Gasteiger partial charge in [0.15, 0.2) is 0 Å². The lowest BCUT2D eigenvalue weighted by Gasteiger charge is -2.30. The molecule has 0 saturated carbocycles. The van der Waals surface area contributed by atoms with Gasteiger partial charge in [0.25, 0.3) is 0 Å². The van der Waals surface area contributed by atoms with Crippen LogP contribution in [0.25, 0.3) is 10.9 Å². The number of nitrogens with one attached hydrogen (secondary N) is 3. The van der Waals surface area contributed by atoms with Gasteiger partial charge < -0.3 is 15.6 Å². The summed E-state index contributed by atoms with van der Waals surface area (Å²) < 4.78 is 0. The summed E-state index contributed by atoms with van der Waals surface area (Å²) in [5, 5.41) is 8.38. The minimum absolute atomic E-state index is 0.0309. The van der Waals surface area contributed by atoms with Crippen molar-refractivity contribution in [2.75, 3.05) is 13.1 Å². The predicted octanol–water partition coefficient (Wildman–Crippen LogP) is 3.37. The van der Waals surface area contributed by atoms with Crippen LogP contribution in [0.2, 0.25) is 5.02 Å². The van der Waals surface area contributed by atoms with Crippen molar-refractivity contribution in [1.29, 1.82) is 0 Å². The summed E-state index contributed by atoms with van der Waals surface area (Å²) in [6.45, 7) is 1.66. The van der Waals surface area contributed by atoms with Crippen LogP contribution in [0, 0.1) is 0 Å². The van der Waals surface area contributed by atoms with Crippen molar-refractivity contribution in [3.8, 4) is 0 Å². The Bertz CT molecular complexity index is 898. The topological polar surface area (TPSA) is 56.9 Å². The Morgan fingerprint density at radius 3 is 2.80 bits per heavy atom. The maximum absolute atomic E-state index is 12.8. The summed E-state index contributed by atoms with van der Waals surface area (Å²) in [5.41, 5.74) is 2.77. The number of amides is 1. The van der Waals surface area contributed by atoms with Gasteiger partial charge in [-0.05, 0) is 36.2 Å². The van der Waals surface area contributed by atoms with Crippen molar-refractivity contribution >= 4 is 28.4 Å². The minimum Gasteiger partial charge on any atom is -0.361 e. The van der Waals surface area contributed by atoms with Crippen molar-refractivity contribution in [1.82, 2.24) is 15.6 Å². The van der Waals surface area contributed by atoms with E-state index in [9.17, 15) is 4.79 Å². The van der Waals surface area contributed by atoms with E-state index in [4.69, 9.17) is 11.6 Å². The zero-order valence-corrected chi connectivity index (χ0v) is 14.6. The Kier molecular flexibility index (Phi) is 4.24. The Hall–Kier alpha value is -2.30. The van der Waals surface area contributed by atoms with Crippen LogP contribution >= 0.6 is 11.6 Å². The molecule has 4 nitrogen and oxygen atoms in total. The summed E-state index contributed by atoms with van der Waals surface area (Å²) in [4.78, 5) is 16.0. The number of fused-ring (bicyclic) bond motifs is 1. The number of carbonyl (C=O) groups excluding carboxylic acids is 1. The summed E-state index contributed by atoms with van der Waals surface area (Å²) in [6.07, 6.45) is 3.13. The van der Waals surface area contributed by atoms with Gasteiger partial charge in [-0.3, -0.25) is 4.79 Å². The molecule has 3 N–H and O–H groups in total. The number of aromatic nitrogens is 1. The number of benzene rings is 2. The van der Waals surface area contributed by atoms with Gasteiger partial charge in [0, 0.05) is 28.7 Å². The highest BCUT2D eigenvalue weighted by Gasteiger charge is 2.36. The van der Waals surface area contributed by atoms with Gasteiger partial charge in [0.2, 0.25) is 5.91 Å². The molecule has 0 aliphatic carbocycles. The largest absolute Gasteiger partial charge is 0.361 e. The minimum atomic E-state index is -0.326. The van der Waals surface area contributed by atoms with E-state index in [0.29, 0.717) is 11.4 Å². The monoisotopic (exact) mass is 353 g/mol. The number of rotatable bonds is 4. The molecule has 128 valence electrons. The number of aromatic amines is 1. The molecule has 1 aliphatic heterocycles. The van der Waals surface area contributed by atoms with E-state index in [1.165, 1.54) is 0 Å². The van der Waals surface area contributed by atoms with Crippen LogP contribution < -0.4 is 10.6 Å². The van der Waals surface area contributed by atoms with Crippen molar-refractivity contribution < 1.29 is 4.79 Å². The molecule has 1 aromatic heterocycles. The summed E-state index contributed by atoms with van der Waals surface area (Å²) in [6, 6.07) is 15.9. The molecular weight excluding hydrogens is 334 g/mol. The first-order chi connectivity index (χ1) is 12.2. The lowest BCUT2D eigenvalue weighted by molar-refractivity contribution is -0.122. The SMILES string of the molecule is O=C(Cc1c[nH]c2cc(Cl)ccc12)NC1(c2ccccc2)CCNC1. The van der Waals surface area contributed by atoms with Crippen molar-refractivity contribution in [2.24, 2.45) is 0 Å². The molecule has 1 unspecified atom stereocenters. The molecule has 1 fully saturated rings. The summed E-state index contributed by atoms with van der Waals surface area (Å²) in [5.74, 6) is 0.0309. The average molecular weight is 354 g/mol. The highest BCUT2D eigenvalue weighted by molar-refractivity contribution is 6.31. The van der Waals surface area contributed by atoms with Gasteiger partial charge in [0.1, 0.15) is 0 Å². The fraction of sp³-hybridized carbons (Fsp3) is 0.250. The number of hydrogen-bond donors (Lipinski definition) is 3. The quantitative estimate of drug-likeness (QED) is 0.673. The lowest BCUT2D eigenvalue weighted by Crippen LogP contribution is -2.48. The molecule has 5 heteroatoms. The molecular formula is C20H20ClN3O. The molecule has 2 aromatic carbocycles. The number of carbonyl (C=O) groups is 1. The number of H-pyrrole nitrogens is 1. The van der Waals surface area contributed by atoms with Crippen LogP contribution in [0.5, 0.6) is 0 Å². The molecule has 0 spiro atoms. The highest BCUT2D eigenvalue weighted by atomic mass is 35.5. The maximum Gasteiger partial charge on any atom is 0.225 e. The van der Waals surface area contributed by atoms with E-state index in [0.717, 1.165) is 41.5 Å². The second-order valence-electron chi connectivity index (χ2n) is 6.60. The van der Waals surface area contributed by atoms with Crippen molar-refractivity contribution in [3.63, 3.8) is 0 Å². The van der Waals surface area contributed by atoms with Crippen LogP contribution in [-0.4, -0.2) is 24.0 Å². The zero-order chi connectivity index (χ0) is 17.3. The molecule has 3 aromatic rings. The first kappa shape index (κ1) is 16.2. The zero-order valence-electron chi connectivity index (χ0n) is 13.8. The van der Waals surface area contributed by atoms with Gasteiger partial charge in [-0.2, -0.15) is 0 Å². The van der Waals surface area contributed by atoms with Gasteiger partial charge >= 0.3 is 0 Å². The Morgan fingerprint density at radius 1 is 1.20 bits per heavy atom. The lowest BCUT2D eigenvalue weighted by atomic mass is 9.88. The molecule has 0 radical (unpaired) electrons. The second-order valence-corrected chi connectivity index (χ2v) is 7.04. The fourth-order valence-electron chi connectivity index (χ4n) is 3.66. The third-order valence-electron chi connectivity index (χ3n) is 4.94. The van der Waals surface area contributed by atoms with E-state index >= 15 is 0 Å². The Labute approximate surface area is 151 Å². The third kappa shape index (κ3) is 3.15. The Balaban J connectivity index is 1.56. The summed E-state index contributed by atoms with van der Waals surface area (Å²) in [7, 11) is 0. The van der Waals surface area contributed by atoms with E-state index in [1.807, 2.05) is 42.6 Å². The molecule has 1 amide bonds. The maximum atomic E-state index is 12.8. The molecule has 0 bridgehead atoms. The van der Waals surface area contributed by atoms with E-state index in [2.05, 4.69) is 27.8 Å². The van der Waals surface area contributed by atoms with Crippen LogP contribution in [0.1, 0.15) is 17.5 Å².